The summed E-state index contributed by atoms with van der Waals surface area (Å²) in [6.07, 6.45) is 5.20. The number of hydrogen-bond acceptors (Lipinski definition) is 4. The highest BCUT2D eigenvalue weighted by molar-refractivity contribution is 8.14. The molecule has 1 aliphatic rings. The Balaban J connectivity index is 2.07. The maximum Gasteiger partial charge on any atom is 0.158 e. The van der Waals surface area contributed by atoms with Gasteiger partial charge in [0.2, 0.25) is 0 Å². The van der Waals surface area contributed by atoms with Crippen LogP contribution in [0.25, 0.3) is 0 Å². The lowest BCUT2D eigenvalue weighted by atomic mass is 10.2. The molecule has 0 amide bonds. The molecule has 0 atom stereocenters. The summed E-state index contributed by atoms with van der Waals surface area (Å²) in [4.78, 5) is 4.07. The van der Waals surface area contributed by atoms with Crippen molar-refractivity contribution < 1.29 is 4.74 Å². The second-order valence-corrected chi connectivity index (χ2v) is 4.25. The van der Waals surface area contributed by atoms with Gasteiger partial charge in [0.05, 0.1) is 6.61 Å². The first-order valence-corrected chi connectivity index (χ1v) is 6.03. The molecule has 0 radical (unpaired) electrons. The van der Waals surface area contributed by atoms with E-state index < -0.39 is 0 Å². The van der Waals surface area contributed by atoms with Crippen molar-refractivity contribution in [1.29, 1.82) is 0 Å². The SMILES string of the molecule is CCCCOCCC1=CN=C(N)SC1. The molecule has 0 aliphatic carbocycles. The van der Waals surface area contributed by atoms with E-state index >= 15 is 0 Å². The Morgan fingerprint density at radius 3 is 3.07 bits per heavy atom. The summed E-state index contributed by atoms with van der Waals surface area (Å²) in [5.74, 6) is 0.965. The molecule has 0 aromatic rings. The predicted molar refractivity (Wildman–Crippen MR) is 62.5 cm³/mol. The minimum atomic E-state index is 0.667. The molecule has 0 saturated heterocycles. The molecular weight excluding hydrogens is 196 g/mol. The molecule has 3 nitrogen and oxygen atoms in total. The van der Waals surface area contributed by atoms with E-state index in [0.29, 0.717) is 5.17 Å². The van der Waals surface area contributed by atoms with Gasteiger partial charge in [-0.25, -0.2) is 4.99 Å². The van der Waals surface area contributed by atoms with Gasteiger partial charge < -0.3 is 10.5 Å². The molecule has 4 heteroatoms. The van der Waals surface area contributed by atoms with Crippen LogP contribution >= 0.6 is 11.8 Å². The van der Waals surface area contributed by atoms with Crippen LogP contribution < -0.4 is 5.73 Å². The fourth-order valence-corrected chi connectivity index (χ4v) is 1.76. The zero-order valence-electron chi connectivity index (χ0n) is 8.66. The van der Waals surface area contributed by atoms with Crippen molar-refractivity contribution in [1.82, 2.24) is 0 Å². The van der Waals surface area contributed by atoms with Crippen molar-refractivity contribution >= 4 is 16.9 Å². The highest BCUT2D eigenvalue weighted by atomic mass is 32.2. The van der Waals surface area contributed by atoms with Gasteiger partial charge in [-0.3, -0.25) is 0 Å². The number of aliphatic imine (C=N–C) groups is 1. The van der Waals surface area contributed by atoms with Crippen molar-refractivity contribution in [3.63, 3.8) is 0 Å². The summed E-state index contributed by atoms with van der Waals surface area (Å²) in [7, 11) is 0. The van der Waals surface area contributed by atoms with Crippen LogP contribution in [0.3, 0.4) is 0 Å². The molecule has 0 unspecified atom stereocenters. The number of nitrogens with zero attached hydrogens (tertiary/aromatic N) is 1. The minimum absolute atomic E-state index is 0.667. The van der Waals surface area contributed by atoms with Crippen molar-refractivity contribution in [3.05, 3.63) is 11.8 Å². The zero-order valence-corrected chi connectivity index (χ0v) is 9.48. The average molecular weight is 214 g/mol. The van der Waals surface area contributed by atoms with Gasteiger partial charge in [-0.15, -0.1) is 0 Å². The number of nitrogens with two attached hydrogens (primary N) is 1. The summed E-state index contributed by atoms with van der Waals surface area (Å²) < 4.78 is 5.47. The van der Waals surface area contributed by atoms with Gasteiger partial charge in [-0.2, -0.15) is 0 Å². The lowest BCUT2D eigenvalue weighted by molar-refractivity contribution is 0.134. The molecule has 2 N–H and O–H groups in total. The summed E-state index contributed by atoms with van der Waals surface area (Å²) in [6, 6.07) is 0. The number of rotatable bonds is 6. The largest absolute Gasteiger partial charge is 0.381 e. The molecule has 14 heavy (non-hydrogen) atoms. The first kappa shape index (κ1) is 11.6. The molecule has 0 aromatic carbocycles. The second-order valence-electron chi connectivity index (χ2n) is 3.26. The van der Waals surface area contributed by atoms with Gasteiger partial charge in [0.15, 0.2) is 5.17 Å². The quantitative estimate of drug-likeness (QED) is 0.689. The number of unbranched alkanes of at least 4 members (excludes halogenated alkanes) is 1. The molecule has 0 aromatic heterocycles. The normalized spacial score (nSPS) is 16.4. The van der Waals surface area contributed by atoms with E-state index in [9.17, 15) is 0 Å². The second kappa shape index (κ2) is 6.90. The third kappa shape index (κ3) is 4.67. The van der Waals surface area contributed by atoms with E-state index in [1.165, 1.54) is 12.0 Å². The minimum Gasteiger partial charge on any atom is -0.381 e. The van der Waals surface area contributed by atoms with Crippen LogP contribution in [0.15, 0.2) is 16.8 Å². The van der Waals surface area contributed by atoms with E-state index in [-0.39, 0.29) is 0 Å². The van der Waals surface area contributed by atoms with Crippen LogP contribution in [-0.4, -0.2) is 24.1 Å². The van der Waals surface area contributed by atoms with Crippen molar-refractivity contribution in [2.45, 2.75) is 26.2 Å². The fraction of sp³-hybridized carbons (Fsp3) is 0.700. The smallest absolute Gasteiger partial charge is 0.158 e. The van der Waals surface area contributed by atoms with Crippen LogP contribution in [-0.2, 0) is 4.74 Å². The Bertz CT molecular complexity index is 226. The van der Waals surface area contributed by atoms with Crippen LogP contribution in [0, 0.1) is 0 Å². The van der Waals surface area contributed by atoms with Crippen LogP contribution in [0.5, 0.6) is 0 Å². The van der Waals surface area contributed by atoms with Gasteiger partial charge in [-0.1, -0.05) is 25.1 Å². The molecule has 0 bridgehead atoms. The Morgan fingerprint density at radius 2 is 2.43 bits per heavy atom. The van der Waals surface area contributed by atoms with Gasteiger partial charge in [0, 0.05) is 18.6 Å². The van der Waals surface area contributed by atoms with Gasteiger partial charge in [0.25, 0.3) is 0 Å². The third-order valence-corrected chi connectivity index (χ3v) is 2.91. The average Bonchev–Trinajstić information content (AvgIpc) is 2.21. The summed E-state index contributed by atoms with van der Waals surface area (Å²) in [5.41, 5.74) is 6.85. The van der Waals surface area contributed by atoms with Crippen molar-refractivity contribution in [2.75, 3.05) is 19.0 Å². The molecule has 0 spiro atoms. The number of hydrogen-bond donors (Lipinski definition) is 1. The molecule has 1 rings (SSSR count). The van der Waals surface area contributed by atoms with E-state index in [2.05, 4.69) is 11.9 Å². The Kier molecular flexibility index (Phi) is 5.71. The lowest BCUT2D eigenvalue weighted by Gasteiger charge is -2.10. The monoisotopic (exact) mass is 214 g/mol. The topological polar surface area (TPSA) is 47.6 Å². The van der Waals surface area contributed by atoms with Crippen molar-refractivity contribution in [2.24, 2.45) is 10.7 Å². The molecule has 1 heterocycles. The van der Waals surface area contributed by atoms with E-state index in [4.69, 9.17) is 10.5 Å². The van der Waals surface area contributed by atoms with Crippen LogP contribution in [0.2, 0.25) is 0 Å². The Hall–Kier alpha value is -0.480. The van der Waals surface area contributed by atoms with Gasteiger partial charge in [-0.05, 0) is 18.4 Å². The number of ether oxygens (including phenoxy) is 1. The highest BCUT2D eigenvalue weighted by Gasteiger charge is 2.04. The van der Waals surface area contributed by atoms with Crippen LogP contribution in [0.1, 0.15) is 26.2 Å². The van der Waals surface area contributed by atoms with Crippen LogP contribution in [0.4, 0.5) is 0 Å². The van der Waals surface area contributed by atoms with Gasteiger partial charge in [0.1, 0.15) is 0 Å². The maximum atomic E-state index is 5.53. The first-order chi connectivity index (χ1) is 6.83. The number of thioether (sulfide) groups is 1. The predicted octanol–water partition coefficient (Wildman–Crippen LogP) is 2.14. The van der Waals surface area contributed by atoms with E-state index in [1.54, 1.807) is 11.8 Å². The third-order valence-electron chi connectivity index (χ3n) is 1.99. The Labute approximate surface area is 89.8 Å². The highest BCUT2D eigenvalue weighted by Crippen LogP contribution is 2.16. The molecular formula is C10H18N2OS. The first-order valence-electron chi connectivity index (χ1n) is 5.04. The molecule has 0 fully saturated rings. The van der Waals surface area contributed by atoms with Gasteiger partial charge >= 0.3 is 0 Å². The fourth-order valence-electron chi connectivity index (χ4n) is 1.08. The Morgan fingerprint density at radius 1 is 1.57 bits per heavy atom. The number of amidine groups is 1. The summed E-state index contributed by atoms with van der Waals surface area (Å²) >= 11 is 1.60. The van der Waals surface area contributed by atoms with E-state index in [0.717, 1.165) is 31.8 Å². The summed E-state index contributed by atoms with van der Waals surface area (Å²) in [5, 5.41) is 0.667. The lowest BCUT2D eigenvalue weighted by Crippen LogP contribution is -2.11. The maximum absolute atomic E-state index is 5.53. The standard InChI is InChI=1S/C10H18N2OS/c1-2-3-5-13-6-4-9-7-12-10(11)14-8-9/h7H,2-6,8H2,1H3,(H2,11,12). The molecule has 0 saturated carbocycles. The molecule has 80 valence electrons. The zero-order chi connectivity index (χ0) is 10.2. The summed E-state index contributed by atoms with van der Waals surface area (Å²) in [6.45, 7) is 3.85. The molecule has 1 aliphatic heterocycles. The van der Waals surface area contributed by atoms with Crippen molar-refractivity contribution in [3.8, 4) is 0 Å². The van der Waals surface area contributed by atoms with E-state index in [1.807, 2.05) is 6.20 Å².